The summed E-state index contributed by atoms with van der Waals surface area (Å²) in [5, 5.41) is 4.83. The summed E-state index contributed by atoms with van der Waals surface area (Å²) in [6.45, 7) is 2.92. The molecule has 0 radical (unpaired) electrons. The fourth-order valence-corrected chi connectivity index (χ4v) is 5.41. The summed E-state index contributed by atoms with van der Waals surface area (Å²) in [4.78, 5) is 12.5. The highest BCUT2D eigenvalue weighted by Gasteiger charge is 2.30. The Morgan fingerprint density at radius 3 is 2.47 bits per heavy atom. The summed E-state index contributed by atoms with van der Waals surface area (Å²) < 4.78 is 38.8. The fraction of sp³-hybridized carbons (Fsp3) is 0.292. The van der Waals surface area contributed by atoms with Gasteiger partial charge in [0, 0.05) is 18.8 Å². The van der Waals surface area contributed by atoms with E-state index in [1.165, 1.54) is 10.4 Å². The highest BCUT2D eigenvalue weighted by molar-refractivity contribution is 7.89. The third-order valence-corrected chi connectivity index (χ3v) is 7.22. The van der Waals surface area contributed by atoms with E-state index in [-0.39, 0.29) is 23.2 Å². The Labute approximate surface area is 188 Å². The first-order valence-electron chi connectivity index (χ1n) is 10.7. The molecule has 0 bridgehead atoms. The molecule has 1 N–H and O–H groups in total. The van der Waals surface area contributed by atoms with E-state index in [0.29, 0.717) is 31.1 Å². The average molecular weight is 455 g/mol. The number of hydrogen-bond acceptors (Lipinski definition) is 5. The van der Waals surface area contributed by atoms with Crippen LogP contribution in [0.15, 0.2) is 65.6 Å². The zero-order valence-corrected chi connectivity index (χ0v) is 18.7. The first kappa shape index (κ1) is 22.1. The van der Waals surface area contributed by atoms with E-state index in [1.54, 1.807) is 19.1 Å². The molecule has 1 fully saturated rings. The van der Waals surface area contributed by atoms with Gasteiger partial charge in [0.2, 0.25) is 10.0 Å². The van der Waals surface area contributed by atoms with Gasteiger partial charge in [-0.3, -0.25) is 4.79 Å². The van der Waals surface area contributed by atoms with Crippen LogP contribution in [0.4, 0.5) is 5.69 Å². The number of ether oxygens (including phenoxy) is 2. The largest absolute Gasteiger partial charge is 0.492 e. The summed E-state index contributed by atoms with van der Waals surface area (Å²) in [6.07, 6.45) is 1.68. The quantitative estimate of drug-likeness (QED) is 0.555. The molecule has 1 heterocycles. The van der Waals surface area contributed by atoms with Crippen molar-refractivity contribution in [3.8, 4) is 11.5 Å². The number of anilines is 1. The minimum Gasteiger partial charge on any atom is -0.492 e. The number of fused-ring (bicyclic) bond motifs is 1. The number of carbonyl (C=O) groups excluding carboxylic acids is 1. The van der Waals surface area contributed by atoms with Crippen molar-refractivity contribution < 1.29 is 22.7 Å². The Morgan fingerprint density at radius 2 is 1.72 bits per heavy atom. The van der Waals surface area contributed by atoms with Crippen LogP contribution in [0.3, 0.4) is 0 Å². The minimum absolute atomic E-state index is 0.0643. The van der Waals surface area contributed by atoms with Gasteiger partial charge in [-0.2, -0.15) is 4.31 Å². The maximum Gasteiger partial charge on any atom is 0.262 e. The molecule has 7 nitrogen and oxygen atoms in total. The summed E-state index contributed by atoms with van der Waals surface area (Å²) in [5.41, 5.74) is 0.373. The smallest absolute Gasteiger partial charge is 0.262 e. The van der Waals surface area contributed by atoms with Gasteiger partial charge in [0.05, 0.1) is 6.61 Å². The topological polar surface area (TPSA) is 84.9 Å². The zero-order valence-electron chi connectivity index (χ0n) is 17.9. The second-order valence-electron chi connectivity index (χ2n) is 7.55. The second-order valence-corrected chi connectivity index (χ2v) is 9.46. The molecule has 168 valence electrons. The molecule has 0 saturated carbocycles. The lowest BCUT2D eigenvalue weighted by Gasteiger charge is -2.19. The van der Waals surface area contributed by atoms with Crippen molar-refractivity contribution in [1.29, 1.82) is 0 Å². The molecule has 0 spiro atoms. The molecule has 0 atom stereocenters. The molecule has 1 saturated heterocycles. The van der Waals surface area contributed by atoms with Crippen molar-refractivity contribution >= 4 is 32.4 Å². The van der Waals surface area contributed by atoms with Crippen molar-refractivity contribution in [3.05, 3.63) is 60.7 Å². The molecule has 1 amide bonds. The number of benzene rings is 3. The average Bonchev–Trinajstić information content (AvgIpc) is 3.35. The van der Waals surface area contributed by atoms with E-state index >= 15 is 0 Å². The van der Waals surface area contributed by atoms with Gasteiger partial charge in [-0.1, -0.05) is 30.3 Å². The van der Waals surface area contributed by atoms with Gasteiger partial charge < -0.3 is 14.8 Å². The lowest BCUT2D eigenvalue weighted by atomic mass is 10.1. The molecule has 3 aromatic rings. The van der Waals surface area contributed by atoms with Gasteiger partial charge in [0.25, 0.3) is 5.91 Å². The number of carbonyl (C=O) groups is 1. The van der Waals surface area contributed by atoms with Gasteiger partial charge in [0.1, 0.15) is 16.4 Å². The summed E-state index contributed by atoms with van der Waals surface area (Å²) >= 11 is 0. The second kappa shape index (κ2) is 9.58. The Morgan fingerprint density at radius 1 is 0.969 bits per heavy atom. The molecule has 8 heteroatoms. The van der Waals surface area contributed by atoms with Crippen molar-refractivity contribution in [3.63, 3.8) is 0 Å². The molecule has 3 aromatic carbocycles. The van der Waals surface area contributed by atoms with Crippen molar-refractivity contribution in [1.82, 2.24) is 4.31 Å². The third kappa shape index (κ3) is 4.87. The standard InChI is InChI=1S/C24H26N2O5S/c1-2-30-22-12-10-20(16-23(22)32(28,29)26-13-5-6-14-26)25-24(27)17-31-21-11-9-18-7-3-4-8-19(18)15-21/h3-4,7-12,15-16H,2,5-6,13-14,17H2,1H3,(H,25,27). The first-order chi connectivity index (χ1) is 15.5. The number of sulfonamides is 1. The summed E-state index contributed by atoms with van der Waals surface area (Å²) in [7, 11) is -3.70. The number of amides is 1. The number of nitrogens with one attached hydrogen (secondary N) is 1. The SMILES string of the molecule is CCOc1ccc(NC(=O)COc2ccc3ccccc3c2)cc1S(=O)(=O)N1CCCC1. The molecule has 0 aromatic heterocycles. The zero-order chi connectivity index (χ0) is 22.6. The van der Waals surface area contributed by atoms with Gasteiger partial charge in [-0.25, -0.2) is 8.42 Å². The number of hydrogen-bond donors (Lipinski definition) is 1. The maximum absolute atomic E-state index is 13.1. The van der Waals surface area contributed by atoms with Crippen molar-refractivity contribution in [2.75, 3.05) is 31.6 Å². The Hall–Kier alpha value is -3.10. The molecule has 0 aliphatic carbocycles. The fourth-order valence-electron chi connectivity index (χ4n) is 3.73. The molecule has 4 rings (SSSR count). The van der Waals surface area contributed by atoms with E-state index in [2.05, 4.69) is 5.32 Å². The Kier molecular flexibility index (Phi) is 6.62. The normalized spacial score (nSPS) is 14.4. The van der Waals surface area contributed by atoms with Gasteiger partial charge >= 0.3 is 0 Å². The number of rotatable bonds is 8. The maximum atomic E-state index is 13.1. The molecule has 1 aliphatic heterocycles. The Bertz CT molecular complexity index is 1220. The molecular weight excluding hydrogens is 428 g/mol. The summed E-state index contributed by atoms with van der Waals surface area (Å²) in [6, 6.07) is 18.2. The lowest BCUT2D eigenvalue weighted by molar-refractivity contribution is -0.118. The van der Waals surface area contributed by atoms with E-state index in [9.17, 15) is 13.2 Å². The molecule has 1 aliphatic rings. The van der Waals surface area contributed by atoms with E-state index in [1.807, 2.05) is 42.5 Å². The molecule has 32 heavy (non-hydrogen) atoms. The van der Waals surface area contributed by atoms with Crippen LogP contribution in [-0.2, 0) is 14.8 Å². The van der Waals surface area contributed by atoms with Crippen LogP contribution in [0.1, 0.15) is 19.8 Å². The van der Waals surface area contributed by atoms with Crippen LogP contribution >= 0.6 is 0 Å². The first-order valence-corrected chi connectivity index (χ1v) is 12.1. The number of nitrogens with zero attached hydrogens (tertiary/aromatic N) is 1. The molecular formula is C24H26N2O5S. The predicted octanol–water partition coefficient (Wildman–Crippen LogP) is 4.04. The monoisotopic (exact) mass is 454 g/mol. The Balaban J connectivity index is 1.47. The van der Waals surface area contributed by atoms with Crippen LogP contribution in [0.5, 0.6) is 11.5 Å². The third-order valence-electron chi connectivity index (χ3n) is 5.30. The molecule has 0 unspecified atom stereocenters. The highest BCUT2D eigenvalue weighted by atomic mass is 32.2. The highest BCUT2D eigenvalue weighted by Crippen LogP contribution is 2.31. The van der Waals surface area contributed by atoms with E-state index in [4.69, 9.17) is 9.47 Å². The van der Waals surface area contributed by atoms with Crippen molar-refractivity contribution in [2.24, 2.45) is 0 Å². The summed E-state index contributed by atoms with van der Waals surface area (Å²) in [5.74, 6) is 0.486. The van der Waals surface area contributed by atoms with Gasteiger partial charge in [-0.05, 0) is 60.9 Å². The lowest BCUT2D eigenvalue weighted by Crippen LogP contribution is -2.28. The van der Waals surface area contributed by atoms with E-state index < -0.39 is 10.0 Å². The van der Waals surface area contributed by atoms with Crippen LogP contribution in [0.25, 0.3) is 10.8 Å². The van der Waals surface area contributed by atoms with Crippen LogP contribution in [0.2, 0.25) is 0 Å². The van der Waals surface area contributed by atoms with Crippen LogP contribution in [-0.4, -0.2) is 44.9 Å². The predicted molar refractivity (Wildman–Crippen MR) is 124 cm³/mol. The minimum atomic E-state index is -3.70. The van der Waals surface area contributed by atoms with Gasteiger partial charge in [0.15, 0.2) is 6.61 Å². The van der Waals surface area contributed by atoms with Crippen LogP contribution < -0.4 is 14.8 Å². The van der Waals surface area contributed by atoms with E-state index in [0.717, 1.165) is 23.6 Å². The van der Waals surface area contributed by atoms with Crippen LogP contribution in [0, 0.1) is 0 Å². The van der Waals surface area contributed by atoms with Gasteiger partial charge in [-0.15, -0.1) is 0 Å². The van der Waals surface area contributed by atoms with Crippen molar-refractivity contribution in [2.45, 2.75) is 24.7 Å².